The molecule has 1 aromatic heterocycles. The van der Waals surface area contributed by atoms with E-state index in [-0.39, 0.29) is 30.1 Å². The van der Waals surface area contributed by atoms with Gasteiger partial charge in [-0.1, -0.05) is 44.2 Å². The third-order valence-corrected chi connectivity index (χ3v) is 8.29. The molecule has 1 aromatic carbocycles. The Labute approximate surface area is 271 Å². The van der Waals surface area contributed by atoms with E-state index in [1.165, 1.54) is 30.5 Å². The van der Waals surface area contributed by atoms with Crippen molar-refractivity contribution in [1.82, 2.24) is 36.1 Å². The predicted molar refractivity (Wildman–Crippen MR) is 174 cm³/mol. The minimum absolute atomic E-state index is 0.0246. The van der Waals surface area contributed by atoms with Crippen LogP contribution >= 0.6 is 11.8 Å². The van der Waals surface area contributed by atoms with E-state index in [0.717, 1.165) is 5.56 Å². The summed E-state index contributed by atoms with van der Waals surface area (Å²) in [5.74, 6) is -2.71. The summed E-state index contributed by atoms with van der Waals surface area (Å²) in [5.41, 5.74) is -0.372. The van der Waals surface area contributed by atoms with E-state index in [4.69, 9.17) is 0 Å². The maximum atomic E-state index is 13.8. The Morgan fingerprint density at radius 3 is 2.26 bits per heavy atom. The van der Waals surface area contributed by atoms with E-state index >= 15 is 0 Å². The second-order valence-electron chi connectivity index (χ2n) is 11.7. The number of hydrogen-bond acceptors (Lipinski definition) is 8. The number of H-pyrrole nitrogens is 2. The molecular formula is C31H43N7O7S. The van der Waals surface area contributed by atoms with Crippen LogP contribution in [0.2, 0.25) is 0 Å². The zero-order chi connectivity index (χ0) is 34.0. The van der Waals surface area contributed by atoms with Gasteiger partial charge >= 0.3 is 5.69 Å². The van der Waals surface area contributed by atoms with Gasteiger partial charge in [-0.15, -0.1) is 0 Å². The highest BCUT2D eigenvalue weighted by Gasteiger charge is 2.32. The lowest BCUT2D eigenvalue weighted by Gasteiger charge is -2.30. The molecule has 46 heavy (non-hydrogen) atoms. The first-order valence-electron chi connectivity index (χ1n) is 15.1. The fraction of sp³-hybridized carbons (Fsp3) is 0.516. The molecule has 14 nitrogen and oxygen atoms in total. The molecule has 1 fully saturated rings. The van der Waals surface area contributed by atoms with Crippen LogP contribution in [0.25, 0.3) is 0 Å². The lowest BCUT2D eigenvalue weighted by molar-refractivity contribution is -0.137. The van der Waals surface area contributed by atoms with Gasteiger partial charge in [0.2, 0.25) is 29.5 Å². The number of rotatable bonds is 8. The largest absolute Gasteiger partial charge is 0.349 e. The molecule has 1 saturated heterocycles. The van der Waals surface area contributed by atoms with Crippen molar-refractivity contribution in [1.29, 1.82) is 0 Å². The lowest BCUT2D eigenvalue weighted by atomic mass is 10.0. The van der Waals surface area contributed by atoms with Gasteiger partial charge in [-0.2, -0.15) is 11.8 Å². The van der Waals surface area contributed by atoms with Gasteiger partial charge in [0.25, 0.3) is 5.56 Å². The van der Waals surface area contributed by atoms with Crippen molar-refractivity contribution in [2.75, 3.05) is 25.1 Å². The molecule has 0 saturated carbocycles. The molecule has 0 spiro atoms. The second kappa shape index (κ2) is 16.8. The highest BCUT2D eigenvalue weighted by molar-refractivity contribution is 7.98. The summed E-state index contributed by atoms with van der Waals surface area (Å²) in [4.78, 5) is 97.3. The molecule has 0 aliphatic carbocycles. The predicted octanol–water partition coefficient (Wildman–Crippen LogP) is -0.633. The monoisotopic (exact) mass is 657 g/mol. The fourth-order valence-corrected chi connectivity index (χ4v) is 5.55. The van der Waals surface area contributed by atoms with Crippen LogP contribution in [0.4, 0.5) is 0 Å². The smallest absolute Gasteiger partial charge is 0.325 e. The molecule has 250 valence electrons. The average Bonchev–Trinajstić information content (AvgIpc) is 2.99. The summed E-state index contributed by atoms with van der Waals surface area (Å²) in [6, 6.07) is 5.55. The van der Waals surface area contributed by atoms with Crippen LogP contribution in [0.1, 0.15) is 44.0 Å². The molecule has 6 N–H and O–H groups in total. The number of nitrogens with zero attached hydrogens (tertiary/aromatic N) is 1. The van der Waals surface area contributed by atoms with Crippen LogP contribution in [0.3, 0.4) is 0 Å². The van der Waals surface area contributed by atoms with Crippen LogP contribution < -0.4 is 32.5 Å². The molecule has 1 aliphatic rings. The summed E-state index contributed by atoms with van der Waals surface area (Å²) in [5, 5.41) is 11.0. The molecule has 0 bridgehead atoms. The Morgan fingerprint density at radius 1 is 0.935 bits per heavy atom. The summed E-state index contributed by atoms with van der Waals surface area (Å²) < 4.78 is 0. The number of amides is 5. The first-order valence-corrected chi connectivity index (χ1v) is 16.5. The third kappa shape index (κ3) is 10.3. The van der Waals surface area contributed by atoms with E-state index in [9.17, 15) is 33.6 Å². The number of benzene rings is 1. The van der Waals surface area contributed by atoms with E-state index in [2.05, 4.69) is 31.2 Å². The topological polar surface area (TPSA) is 202 Å². The van der Waals surface area contributed by atoms with Crippen LogP contribution in [-0.4, -0.2) is 93.7 Å². The van der Waals surface area contributed by atoms with Gasteiger partial charge in [-0.25, -0.2) is 4.79 Å². The van der Waals surface area contributed by atoms with Crippen LogP contribution in [0, 0.1) is 12.8 Å². The van der Waals surface area contributed by atoms with Crippen molar-refractivity contribution >= 4 is 41.3 Å². The number of hydrogen-bond donors (Lipinski definition) is 6. The van der Waals surface area contributed by atoms with Gasteiger partial charge in [0.15, 0.2) is 0 Å². The number of carbonyl (C=O) groups excluding carboxylic acids is 5. The number of nitrogens with one attached hydrogen (secondary N) is 6. The summed E-state index contributed by atoms with van der Waals surface area (Å²) in [6.07, 6.45) is 2.01. The zero-order valence-electron chi connectivity index (χ0n) is 26.7. The molecular weight excluding hydrogens is 614 g/mol. The summed E-state index contributed by atoms with van der Waals surface area (Å²) in [6.45, 7) is 5.87. The normalized spacial score (nSPS) is 21.8. The molecule has 5 amide bonds. The Bertz CT molecular complexity index is 1530. The van der Waals surface area contributed by atoms with Gasteiger partial charge in [0.05, 0.1) is 19.0 Å². The van der Waals surface area contributed by atoms with Gasteiger partial charge in [-0.05, 0) is 50.2 Å². The molecule has 15 heteroatoms. The van der Waals surface area contributed by atoms with Gasteiger partial charge < -0.3 is 31.2 Å². The highest BCUT2D eigenvalue weighted by Crippen LogP contribution is 2.11. The van der Waals surface area contributed by atoms with E-state index in [0.29, 0.717) is 12.2 Å². The fourth-order valence-electron chi connectivity index (χ4n) is 5.08. The first kappa shape index (κ1) is 36.1. The Balaban J connectivity index is 2.03. The SMILES string of the molecule is CSCC[C@@H]1NC(=O)[C@H](C(C)C)NC(=O)CN(C(=O)Cc2c(C)[nH]c(=O)[nH]c2=O)C[C@@H](Cc2ccccc2)NC(=O)[C@H](C)NC1=O. The molecule has 2 aromatic rings. The molecule has 0 radical (unpaired) electrons. The van der Waals surface area contributed by atoms with Crippen LogP contribution in [0.15, 0.2) is 39.9 Å². The second-order valence-corrected chi connectivity index (χ2v) is 12.7. The molecule has 1 aliphatic heterocycles. The van der Waals surface area contributed by atoms with Crippen molar-refractivity contribution in [3.05, 3.63) is 68.0 Å². The zero-order valence-corrected chi connectivity index (χ0v) is 27.5. The quantitative estimate of drug-likeness (QED) is 0.215. The van der Waals surface area contributed by atoms with E-state index in [1.807, 2.05) is 36.6 Å². The lowest BCUT2D eigenvalue weighted by Crippen LogP contribution is -2.57. The number of carbonyl (C=O) groups is 5. The molecule has 4 atom stereocenters. The maximum absolute atomic E-state index is 13.8. The number of aryl methyl sites for hydroxylation is 1. The maximum Gasteiger partial charge on any atom is 0.325 e. The van der Waals surface area contributed by atoms with Gasteiger partial charge in [-0.3, -0.25) is 33.8 Å². The first-order chi connectivity index (χ1) is 21.8. The van der Waals surface area contributed by atoms with Crippen molar-refractivity contribution in [2.45, 2.75) is 71.1 Å². The highest BCUT2D eigenvalue weighted by atomic mass is 32.2. The average molecular weight is 658 g/mol. The minimum atomic E-state index is -1.03. The van der Waals surface area contributed by atoms with Crippen molar-refractivity contribution in [3.8, 4) is 0 Å². The standard InChI is InChI=1S/C31H43N7O7S/c1-17(2)26-30(44)35-23(11-12-46-5)29(43)32-19(4)27(41)34-21(13-20-9-7-6-8-10-20)15-38(16-24(39)36-26)25(40)14-22-18(3)33-31(45)37-28(22)42/h6-10,17,19,21,23,26H,11-16H2,1-5H3,(H,32,43)(H,34,41)(H,35,44)(H,36,39)(H2,33,37,42,45)/t19-,21+,23-,26-/m0/s1. The van der Waals surface area contributed by atoms with E-state index in [1.54, 1.807) is 13.8 Å². The van der Waals surface area contributed by atoms with Crippen LogP contribution in [-0.2, 0) is 36.8 Å². The molecule has 2 heterocycles. The number of aromatic amines is 2. The minimum Gasteiger partial charge on any atom is -0.349 e. The van der Waals surface area contributed by atoms with Gasteiger partial charge in [0.1, 0.15) is 18.1 Å². The van der Waals surface area contributed by atoms with Crippen molar-refractivity contribution < 1.29 is 24.0 Å². The van der Waals surface area contributed by atoms with E-state index < -0.39 is 77.9 Å². The number of aromatic nitrogens is 2. The Hall–Kier alpha value is -4.40. The van der Waals surface area contributed by atoms with Crippen LogP contribution in [0.5, 0.6) is 0 Å². The van der Waals surface area contributed by atoms with Gasteiger partial charge in [0, 0.05) is 17.8 Å². The molecule has 0 unspecified atom stereocenters. The Morgan fingerprint density at radius 2 is 1.63 bits per heavy atom. The number of thioether (sulfide) groups is 1. The summed E-state index contributed by atoms with van der Waals surface area (Å²) >= 11 is 1.50. The van der Waals surface area contributed by atoms with Crippen molar-refractivity contribution in [2.24, 2.45) is 5.92 Å². The van der Waals surface area contributed by atoms with Crippen molar-refractivity contribution in [3.63, 3.8) is 0 Å². The summed E-state index contributed by atoms with van der Waals surface area (Å²) in [7, 11) is 0. The Kier molecular flexibility index (Phi) is 13.2. The third-order valence-electron chi connectivity index (χ3n) is 7.64. The molecule has 3 rings (SSSR count).